The van der Waals surface area contributed by atoms with E-state index >= 15 is 0 Å². The molecular weight excluding hydrogens is 234 g/mol. The van der Waals surface area contributed by atoms with Crippen LogP contribution in [0.3, 0.4) is 0 Å². The van der Waals surface area contributed by atoms with Gasteiger partial charge >= 0.3 is 0 Å². The van der Waals surface area contributed by atoms with Crippen molar-refractivity contribution in [1.29, 1.82) is 5.26 Å². The van der Waals surface area contributed by atoms with Crippen LogP contribution in [0.1, 0.15) is 43.2 Å². The van der Waals surface area contributed by atoms with E-state index in [1.807, 2.05) is 18.2 Å². The van der Waals surface area contributed by atoms with E-state index in [4.69, 9.17) is 11.0 Å². The van der Waals surface area contributed by atoms with Crippen LogP contribution in [0.2, 0.25) is 0 Å². The van der Waals surface area contributed by atoms with E-state index in [-0.39, 0.29) is 6.04 Å². The Morgan fingerprint density at radius 3 is 2.89 bits per heavy atom. The van der Waals surface area contributed by atoms with Crippen LogP contribution in [0.15, 0.2) is 24.3 Å². The SMILES string of the molecule is CN(Cc1cccc(C#N)c1)C1CCCCCC1N. The lowest BCUT2D eigenvalue weighted by molar-refractivity contribution is 0.193. The van der Waals surface area contributed by atoms with Gasteiger partial charge in [0.1, 0.15) is 0 Å². The van der Waals surface area contributed by atoms with Crippen molar-refractivity contribution in [3.63, 3.8) is 0 Å². The van der Waals surface area contributed by atoms with Crippen molar-refractivity contribution in [3.05, 3.63) is 35.4 Å². The second-order valence-electron chi connectivity index (χ2n) is 5.60. The molecule has 2 atom stereocenters. The second kappa shape index (κ2) is 6.70. The van der Waals surface area contributed by atoms with Crippen molar-refractivity contribution < 1.29 is 0 Å². The minimum Gasteiger partial charge on any atom is -0.326 e. The van der Waals surface area contributed by atoms with E-state index in [0.29, 0.717) is 6.04 Å². The highest BCUT2D eigenvalue weighted by atomic mass is 15.1. The van der Waals surface area contributed by atoms with Crippen molar-refractivity contribution >= 4 is 0 Å². The molecular formula is C16H23N3. The van der Waals surface area contributed by atoms with Crippen LogP contribution in [0.5, 0.6) is 0 Å². The van der Waals surface area contributed by atoms with E-state index in [1.165, 1.54) is 31.2 Å². The number of likely N-dealkylation sites (N-methyl/N-ethyl adjacent to an activating group) is 1. The first-order valence-electron chi connectivity index (χ1n) is 7.15. The molecule has 0 radical (unpaired) electrons. The Kier molecular flexibility index (Phi) is 4.95. The third-order valence-corrected chi connectivity index (χ3v) is 4.09. The van der Waals surface area contributed by atoms with Crippen LogP contribution in [-0.2, 0) is 6.54 Å². The summed E-state index contributed by atoms with van der Waals surface area (Å²) < 4.78 is 0. The van der Waals surface area contributed by atoms with Crippen molar-refractivity contribution in [2.75, 3.05) is 7.05 Å². The average molecular weight is 257 g/mol. The second-order valence-corrected chi connectivity index (χ2v) is 5.60. The van der Waals surface area contributed by atoms with Gasteiger partial charge in [-0.1, -0.05) is 31.4 Å². The number of hydrogen-bond acceptors (Lipinski definition) is 3. The molecule has 0 heterocycles. The summed E-state index contributed by atoms with van der Waals surface area (Å²) >= 11 is 0. The van der Waals surface area contributed by atoms with Gasteiger partial charge in [0.05, 0.1) is 11.6 Å². The largest absolute Gasteiger partial charge is 0.326 e. The topological polar surface area (TPSA) is 53.0 Å². The molecule has 2 N–H and O–H groups in total. The molecule has 0 aromatic heterocycles. The summed E-state index contributed by atoms with van der Waals surface area (Å²) in [5.41, 5.74) is 8.22. The Morgan fingerprint density at radius 2 is 2.11 bits per heavy atom. The molecule has 0 aliphatic heterocycles. The molecule has 3 heteroatoms. The Morgan fingerprint density at radius 1 is 1.32 bits per heavy atom. The van der Waals surface area contributed by atoms with Crippen LogP contribution < -0.4 is 5.73 Å². The normalized spacial score (nSPS) is 23.9. The molecule has 2 unspecified atom stereocenters. The summed E-state index contributed by atoms with van der Waals surface area (Å²) in [5.74, 6) is 0. The molecule has 1 aliphatic carbocycles. The predicted octanol–water partition coefficient (Wildman–Crippen LogP) is 2.65. The summed E-state index contributed by atoms with van der Waals surface area (Å²) in [6.45, 7) is 0.869. The van der Waals surface area contributed by atoms with Gasteiger partial charge in [-0.05, 0) is 37.6 Å². The quantitative estimate of drug-likeness (QED) is 0.847. The van der Waals surface area contributed by atoms with Crippen LogP contribution in [-0.4, -0.2) is 24.0 Å². The van der Waals surface area contributed by atoms with Gasteiger partial charge in [-0.3, -0.25) is 4.90 Å². The van der Waals surface area contributed by atoms with E-state index in [9.17, 15) is 0 Å². The molecule has 0 saturated heterocycles. The zero-order valence-corrected chi connectivity index (χ0v) is 11.7. The lowest BCUT2D eigenvalue weighted by Gasteiger charge is -2.31. The predicted molar refractivity (Wildman–Crippen MR) is 77.5 cm³/mol. The Balaban J connectivity index is 2.02. The summed E-state index contributed by atoms with van der Waals surface area (Å²) in [7, 11) is 2.15. The maximum absolute atomic E-state index is 8.94. The summed E-state index contributed by atoms with van der Waals surface area (Å²) in [4.78, 5) is 2.35. The number of nitriles is 1. The highest BCUT2D eigenvalue weighted by Gasteiger charge is 2.23. The fourth-order valence-corrected chi connectivity index (χ4v) is 3.01. The van der Waals surface area contributed by atoms with E-state index in [1.54, 1.807) is 0 Å². The van der Waals surface area contributed by atoms with Gasteiger partial charge < -0.3 is 5.73 Å². The van der Waals surface area contributed by atoms with Crippen LogP contribution in [0, 0.1) is 11.3 Å². The molecule has 1 saturated carbocycles. The van der Waals surface area contributed by atoms with Gasteiger partial charge in [-0.2, -0.15) is 5.26 Å². The summed E-state index contributed by atoms with van der Waals surface area (Å²) in [6, 6.07) is 10.8. The molecule has 1 aliphatic rings. The molecule has 102 valence electrons. The standard InChI is InChI=1S/C16H23N3/c1-19(16-9-4-2-3-8-15(16)18)12-14-7-5-6-13(10-14)11-17/h5-7,10,15-16H,2-4,8-9,12,18H2,1H3. The average Bonchev–Trinajstić information content (AvgIpc) is 2.63. The van der Waals surface area contributed by atoms with Gasteiger partial charge in [-0.25, -0.2) is 0 Å². The van der Waals surface area contributed by atoms with Crippen LogP contribution >= 0.6 is 0 Å². The summed E-state index contributed by atoms with van der Waals surface area (Å²) in [5, 5.41) is 8.94. The summed E-state index contributed by atoms with van der Waals surface area (Å²) in [6.07, 6.45) is 6.17. The number of nitrogens with two attached hydrogens (primary N) is 1. The lowest BCUT2D eigenvalue weighted by atomic mass is 10.0. The Bertz CT molecular complexity index is 450. The smallest absolute Gasteiger partial charge is 0.0991 e. The highest BCUT2D eigenvalue weighted by Crippen LogP contribution is 2.22. The Hall–Kier alpha value is -1.37. The van der Waals surface area contributed by atoms with Gasteiger partial charge in [0.15, 0.2) is 0 Å². The van der Waals surface area contributed by atoms with Crippen LogP contribution in [0.25, 0.3) is 0 Å². The van der Waals surface area contributed by atoms with Crippen molar-refractivity contribution in [2.24, 2.45) is 5.73 Å². The molecule has 0 amide bonds. The number of benzene rings is 1. The highest BCUT2D eigenvalue weighted by molar-refractivity contribution is 5.32. The maximum Gasteiger partial charge on any atom is 0.0991 e. The van der Waals surface area contributed by atoms with Crippen molar-refractivity contribution in [1.82, 2.24) is 4.90 Å². The monoisotopic (exact) mass is 257 g/mol. The number of hydrogen-bond donors (Lipinski definition) is 1. The van der Waals surface area contributed by atoms with E-state index in [0.717, 1.165) is 18.5 Å². The molecule has 0 bridgehead atoms. The first-order valence-corrected chi connectivity index (χ1v) is 7.15. The van der Waals surface area contributed by atoms with Gasteiger partial charge in [0.25, 0.3) is 0 Å². The third-order valence-electron chi connectivity index (χ3n) is 4.09. The van der Waals surface area contributed by atoms with Gasteiger partial charge in [0, 0.05) is 18.6 Å². The van der Waals surface area contributed by atoms with Crippen molar-refractivity contribution in [2.45, 2.75) is 50.7 Å². The maximum atomic E-state index is 8.94. The van der Waals surface area contributed by atoms with Gasteiger partial charge in [0.2, 0.25) is 0 Å². The van der Waals surface area contributed by atoms with Crippen LogP contribution in [0.4, 0.5) is 0 Å². The fourth-order valence-electron chi connectivity index (χ4n) is 3.01. The first-order chi connectivity index (χ1) is 9.20. The molecule has 3 nitrogen and oxygen atoms in total. The molecule has 19 heavy (non-hydrogen) atoms. The fraction of sp³-hybridized carbons (Fsp3) is 0.562. The zero-order valence-electron chi connectivity index (χ0n) is 11.7. The van der Waals surface area contributed by atoms with E-state index in [2.05, 4.69) is 24.1 Å². The first kappa shape index (κ1) is 14.0. The van der Waals surface area contributed by atoms with Crippen molar-refractivity contribution in [3.8, 4) is 6.07 Å². The zero-order chi connectivity index (χ0) is 13.7. The number of rotatable bonds is 3. The minimum absolute atomic E-state index is 0.284. The number of nitrogens with zero attached hydrogens (tertiary/aromatic N) is 2. The molecule has 1 aromatic rings. The van der Waals surface area contributed by atoms with Gasteiger partial charge in [-0.15, -0.1) is 0 Å². The van der Waals surface area contributed by atoms with E-state index < -0.39 is 0 Å². The third kappa shape index (κ3) is 3.79. The lowest BCUT2D eigenvalue weighted by Crippen LogP contribution is -2.44. The molecule has 2 rings (SSSR count). The molecule has 0 spiro atoms. The minimum atomic E-state index is 0.284. The molecule has 1 fully saturated rings. The molecule has 1 aromatic carbocycles. The Labute approximate surface area is 116 Å².